The third kappa shape index (κ3) is 2.09. The van der Waals surface area contributed by atoms with Gasteiger partial charge in [-0.3, -0.25) is 4.79 Å². The van der Waals surface area contributed by atoms with Crippen LogP contribution in [-0.4, -0.2) is 29.8 Å². The molecule has 0 aliphatic carbocycles. The molecule has 1 aliphatic rings. The predicted octanol–water partition coefficient (Wildman–Crippen LogP) is 1.48. The minimum atomic E-state index is 0.262. The van der Waals surface area contributed by atoms with Crippen LogP contribution in [-0.2, 0) is 4.79 Å². The first-order chi connectivity index (χ1) is 5.27. The number of nitrogens with zero attached hydrogens (tertiary/aromatic N) is 1. The molecule has 0 aromatic rings. The van der Waals surface area contributed by atoms with Crippen LogP contribution in [0, 0.1) is 5.92 Å². The minimum absolute atomic E-state index is 0.262. The normalized spacial score (nSPS) is 24.2. The van der Waals surface area contributed by atoms with E-state index in [1.54, 1.807) is 0 Å². The number of hydrogen-bond donors (Lipinski definition) is 0. The molecule has 11 heavy (non-hydrogen) atoms. The highest BCUT2D eigenvalue weighted by Crippen LogP contribution is 2.17. The molecule has 1 saturated heterocycles. The lowest BCUT2D eigenvalue weighted by Crippen LogP contribution is -2.27. The van der Waals surface area contributed by atoms with Crippen LogP contribution in [0.1, 0.15) is 19.8 Å². The number of alkyl halides is 1. The fourth-order valence-electron chi connectivity index (χ4n) is 1.41. The van der Waals surface area contributed by atoms with Gasteiger partial charge in [-0.2, -0.15) is 0 Å². The van der Waals surface area contributed by atoms with Crippen molar-refractivity contribution in [2.24, 2.45) is 5.92 Å². The molecule has 1 aliphatic heterocycles. The van der Waals surface area contributed by atoms with E-state index >= 15 is 0 Å². The maximum absolute atomic E-state index is 11.2. The molecule has 1 amide bonds. The summed E-state index contributed by atoms with van der Waals surface area (Å²) in [6.45, 7) is 3.68. The molecule has 0 spiro atoms. The first kappa shape index (κ1) is 8.85. The van der Waals surface area contributed by atoms with Gasteiger partial charge in [-0.05, 0) is 12.3 Å². The van der Waals surface area contributed by atoms with Gasteiger partial charge in [-0.1, -0.05) is 6.92 Å². The standard InChI is InChI=1S/C8H14ClNO/c1-2-8(11)10-4-3-7(5-9)6-10/h7H,2-6H2,1H3. The van der Waals surface area contributed by atoms with Crippen molar-refractivity contribution in [1.29, 1.82) is 0 Å². The van der Waals surface area contributed by atoms with Gasteiger partial charge in [0.1, 0.15) is 0 Å². The van der Waals surface area contributed by atoms with Crippen molar-refractivity contribution in [2.45, 2.75) is 19.8 Å². The maximum atomic E-state index is 11.2. The van der Waals surface area contributed by atoms with E-state index in [9.17, 15) is 4.79 Å². The molecule has 1 unspecified atom stereocenters. The summed E-state index contributed by atoms with van der Waals surface area (Å²) < 4.78 is 0. The molecular weight excluding hydrogens is 162 g/mol. The summed E-state index contributed by atoms with van der Waals surface area (Å²) in [5.41, 5.74) is 0. The van der Waals surface area contributed by atoms with Gasteiger partial charge in [-0.15, -0.1) is 11.6 Å². The first-order valence-electron chi connectivity index (χ1n) is 4.11. The number of carbonyl (C=O) groups is 1. The summed E-state index contributed by atoms with van der Waals surface area (Å²) in [5.74, 6) is 1.48. The van der Waals surface area contributed by atoms with Crippen molar-refractivity contribution in [2.75, 3.05) is 19.0 Å². The van der Waals surface area contributed by atoms with Gasteiger partial charge in [-0.25, -0.2) is 0 Å². The Morgan fingerprint density at radius 2 is 2.45 bits per heavy atom. The SMILES string of the molecule is CCC(=O)N1CCC(CCl)C1. The topological polar surface area (TPSA) is 20.3 Å². The summed E-state index contributed by atoms with van der Waals surface area (Å²) in [7, 11) is 0. The van der Waals surface area contributed by atoms with Crippen molar-refractivity contribution in [3.05, 3.63) is 0 Å². The highest BCUT2D eigenvalue weighted by molar-refractivity contribution is 6.18. The fourth-order valence-corrected chi connectivity index (χ4v) is 1.66. The van der Waals surface area contributed by atoms with E-state index in [4.69, 9.17) is 11.6 Å². The highest BCUT2D eigenvalue weighted by atomic mass is 35.5. The van der Waals surface area contributed by atoms with Gasteiger partial charge >= 0.3 is 0 Å². The fraction of sp³-hybridized carbons (Fsp3) is 0.875. The Labute approximate surface area is 72.5 Å². The Morgan fingerprint density at radius 3 is 2.91 bits per heavy atom. The van der Waals surface area contributed by atoms with Crippen LogP contribution in [0.3, 0.4) is 0 Å². The van der Waals surface area contributed by atoms with E-state index in [2.05, 4.69) is 0 Å². The van der Waals surface area contributed by atoms with E-state index in [1.165, 1.54) is 0 Å². The first-order valence-corrected chi connectivity index (χ1v) is 4.65. The van der Waals surface area contributed by atoms with Crippen molar-refractivity contribution in [3.8, 4) is 0 Å². The summed E-state index contributed by atoms with van der Waals surface area (Å²) >= 11 is 5.68. The van der Waals surface area contributed by atoms with Gasteiger partial charge in [0.15, 0.2) is 0 Å². The van der Waals surface area contributed by atoms with Crippen LogP contribution >= 0.6 is 11.6 Å². The molecule has 1 rings (SSSR count). The lowest BCUT2D eigenvalue weighted by Gasteiger charge is -2.14. The molecule has 1 fully saturated rings. The van der Waals surface area contributed by atoms with Crippen LogP contribution in [0.4, 0.5) is 0 Å². The maximum Gasteiger partial charge on any atom is 0.222 e. The van der Waals surface area contributed by atoms with E-state index in [0.717, 1.165) is 19.5 Å². The van der Waals surface area contributed by atoms with Crippen LogP contribution in [0.25, 0.3) is 0 Å². The molecule has 1 atom stereocenters. The average Bonchev–Trinajstić information content (AvgIpc) is 2.50. The van der Waals surface area contributed by atoms with E-state index in [-0.39, 0.29) is 5.91 Å². The molecule has 0 bridgehead atoms. The second-order valence-corrected chi connectivity index (χ2v) is 3.31. The van der Waals surface area contributed by atoms with E-state index in [1.807, 2.05) is 11.8 Å². The van der Waals surface area contributed by atoms with Crippen molar-refractivity contribution >= 4 is 17.5 Å². The Kier molecular flexibility index (Phi) is 3.18. The Hall–Kier alpha value is -0.240. The lowest BCUT2D eigenvalue weighted by molar-refractivity contribution is -0.129. The number of hydrogen-bond acceptors (Lipinski definition) is 1. The van der Waals surface area contributed by atoms with E-state index < -0.39 is 0 Å². The van der Waals surface area contributed by atoms with Gasteiger partial charge < -0.3 is 4.90 Å². The molecular formula is C8H14ClNO. The number of likely N-dealkylation sites (tertiary alicyclic amines) is 1. The Morgan fingerprint density at radius 1 is 1.73 bits per heavy atom. The molecule has 0 radical (unpaired) electrons. The third-order valence-corrected chi connectivity index (χ3v) is 2.60. The molecule has 1 heterocycles. The smallest absolute Gasteiger partial charge is 0.222 e. The number of halogens is 1. The van der Waals surface area contributed by atoms with Crippen molar-refractivity contribution in [1.82, 2.24) is 4.90 Å². The van der Waals surface area contributed by atoms with Crippen molar-refractivity contribution in [3.63, 3.8) is 0 Å². The molecule has 0 aromatic heterocycles. The lowest BCUT2D eigenvalue weighted by atomic mass is 10.2. The number of carbonyl (C=O) groups excluding carboxylic acids is 1. The minimum Gasteiger partial charge on any atom is -0.342 e. The Bertz CT molecular complexity index is 149. The predicted molar refractivity (Wildman–Crippen MR) is 45.7 cm³/mol. The number of amides is 1. The summed E-state index contributed by atoms with van der Waals surface area (Å²) in [6, 6.07) is 0. The molecule has 0 aromatic carbocycles. The van der Waals surface area contributed by atoms with Crippen LogP contribution < -0.4 is 0 Å². The Balaban J connectivity index is 2.35. The summed E-state index contributed by atoms with van der Waals surface area (Å²) in [5, 5.41) is 0. The largest absolute Gasteiger partial charge is 0.342 e. The van der Waals surface area contributed by atoms with Crippen LogP contribution in [0.5, 0.6) is 0 Å². The second kappa shape index (κ2) is 3.96. The van der Waals surface area contributed by atoms with Gasteiger partial charge in [0.2, 0.25) is 5.91 Å². The zero-order valence-electron chi connectivity index (χ0n) is 6.85. The average molecular weight is 176 g/mol. The molecule has 3 heteroatoms. The number of rotatable bonds is 2. The van der Waals surface area contributed by atoms with Gasteiger partial charge in [0.05, 0.1) is 0 Å². The van der Waals surface area contributed by atoms with Gasteiger partial charge in [0, 0.05) is 25.4 Å². The second-order valence-electron chi connectivity index (χ2n) is 3.00. The zero-order chi connectivity index (χ0) is 8.27. The van der Waals surface area contributed by atoms with Gasteiger partial charge in [0.25, 0.3) is 0 Å². The quantitative estimate of drug-likeness (QED) is 0.583. The molecule has 2 nitrogen and oxygen atoms in total. The summed E-state index contributed by atoms with van der Waals surface area (Å²) in [6.07, 6.45) is 1.70. The molecule has 0 N–H and O–H groups in total. The zero-order valence-corrected chi connectivity index (χ0v) is 7.60. The van der Waals surface area contributed by atoms with Crippen LogP contribution in [0.2, 0.25) is 0 Å². The summed E-state index contributed by atoms with van der Waals surface area (Å²) in [4.78, 5) is 13.1. The van der Waals surface area contributed by atoms with Crippen molar-refractivity contribution < 1.29 is 4.79 Å². The molecule has 0 saturated carbocycles. The highest BCUT2D eigenvalue weighted by Gasteiger charge is 2.23. The van der Waals surface area contributed by atoms with E-state index in [0.29, 0.717) is 18.2 Å². The third-order valence-electron chi connectivity index (χ3n) is 2.16. The molecule has 64 valence electrons. The van der Waals surface area contributed by atoms with Crippen LogP contribution in [0.15, 0.2) is 0 Å². The monoisotopic (exact) mass is 175 g/mol.